The summed E-state index contributed by atoms with van der Waals surface area (Å²) in [5.74, 6) is 1.40. The van der Waals surface area contributed by atoms with Crippen molar-refractivity contribution in [1.82, 2.24) is 39.9 Å². The maximum absolute atomic E-state index is 5.37. The van der Waals surface area contributed by atoms with E-state index in [1.165, 1.54) is 0 Å². The van der Waals surface area contributed by atoms with E-state index in [0.29, 0.717) is 11.5 Å². The van der Waals surface area contributed by atoms with Gasteiger partial charge in [-0.2, -0.15) is 10.2 Å². The minimum atomic E-state index is 0.624. The summed E-state index contributed by atoms with van der Waals surface area (Å²) in [5.41, 5.74) is 7.50. The van der Waals surface area contributed by atoms with E-state index in [4.69, 9.17) is 14.7 Å². The molecule has 6 aromatic rings. The fourth-order valence-corrected chi connectivity index (χ4v) is 3.83. The number of nitrogens with one attached hydrogen (secondary N) is 2. The fraction of sp³-hybridized carbons (Fsp3) is 0.0870. The third-order valence-corrected chi connectivity index (χ3v) is 5.41. The van der Waals surface area contributed by atoms with Crippen LogP contribution in [0.3, 0.4) is 0 Å². The van der Waals surface area contributed by atoms with Crippen molar-refractivity contribution in [2.75, 3.05) is 7.11 Å². The highest BCUT2D eigenvalue weighted by Gasteiger charge is 2.17. The first-order chi connectivity index (χ1) is 15.7. The minimum absolute atomic E-state index is 0.624. The Labute approximate surface area is 182 Å². The van der Waals surface area contributed by atoms with Gasteiger partial charge in [0, 0.05) is 30.6 Å². The molecule has 0 radical (unpaired) electrons. The van der Waals surface area contributed by atoms with Gasteiger partial charge in [-0.15, -0.1) is 0 Å². The SMILES string of the molecule is COc1cccc(-c2cncc3[nH]c(-c4n[nH]c5ccc(-c6cnn(C)c6)nc45)nc23)c1. The van der Waals surface area contributed by atoms with Crippen LogP contribution in [0, 0.1) is 0 Å². The van der Waals surface area contributed by atoms with Crippen LogP contribution in [0.2, 0.25) is 0 Å². The molecule has 0 amide bonds. The molecule has 0 aliphatic rings. The third kappa shape index (κ3) is 2.90. The van der Waals surface area contributed by atoms with Gasteiger partial charge < -0.3 is 9.72 Å². The van der Waals surface area contributed by atoms with Crippen LogP contribution in [0.15, 0.2) is 61.2 Å². The second-order valence-electron chi connectivity index (χ2n) is 7.47. The van der Waals surface area contributed by atoms with Crippen molar-refractivity contribution in [2.45, 2.75) is 0 Å². The molecule has 9 heteroatoms. The maximum atomic E-state index is 5.37. The number of pyridine rings is 2. The number of rotatable bonds is 4. The average molecular weight is 422 g/mol. The van der Waals surface area contributed by atoms with Crippen molar-refractivity contribution in [3.05, 3.63) is 61.2 Å². The van der Waals surface area contributed by atoms with Crippen LogP contribution in [-0.4, -0.2) is 47.0 Å². The molecule has 1 aromatic carbocycles. The molecule has 6 rings (SSSR count). The number of hydrogen-bond acceptors (Lipinski definition) is 6. The highest BCUT2D eigenvalue weighted by atomic mass is 16.5. The van der Waals surface area contributed by atoms with Gasteiger partial charge in [0.05, 0.1) is 41.7 Å². The summed E-state index contributed by atoms with van der Waals surface area (Å²) in [7, 11) is 3.54. The molecular formula is C23H18N8O. The van der Waals surface area contributed by atoms with Crippen molar-refractivity contribution >= 4 is 22.1 Å². The number of H-pyrrole nitrogens is 2. The van der Waals surface area contributed by atoms with Crippen molar-refractivity contribution < 1.29 is 4.74 Å². The molecule has 32 heavy (non-hydrogen) atoms. The fourth-order valence-electron chi connectivity index (χ4n) is 3.83. The van der Waals surface area contributed by atoms with Crippen LogP contribution < -0.4 is 4.74 Å². The number of aryl methyl sites for hydroxylation is 1. The van der Waals surface area contributed by atoms with E-state index < -0.39 is 0 Å². The van der Waals surface area contributed by atoms with Crippen molar-refractivity contribution in [3.63, 3.8) is 0 Å². The largest absolute Gasteiger partial charge is 0.497 e. The van der Waals surface area contributed by atoms with Crippen molar-refractivity contribution in [2.24, 2.45) is 7.05 Å². The van der Waals surface area contributed by atoms with Gasteiger partial charge >= 0.3 is 0 Å². The highest BCUT2D eigenvalue weighted by molar-refractivity contribution is 5.95. The Morgan fingerprint density at radius 3 is 2.72 bits per heavy atom. The minimum Gasteiger partial charge on any atom is -0.497 e. The second kappa shape index (κ2) is 7.02. The number of benzene rings is 1. The highest BCUT2D eigenvalue weighted by Crippen LogP contribution is 2.32. The number of aromatic amines is 2. The Morgan fingerprint density at radius 1 is 0.938 bits per heavy atom. The van der Waals surface area contributed by atoms with E-state index in [1.807, 2.05) is 55.8 Å². The molecule has 2 N–H and O–H groups in total. The molecule has 0 aliphatic heterocycles. The van der Waals surface area contributed by atoms with Gasteiger partial charge in [0.25, 0.3) is 0 Å². The molecule has 0 spiro atoms. The molecule has 9 nitrogen and oxygen atoms in total. The van der Waals surface area contributed by atoms with Gasteiger partial charge in [0.1, 0.15) is 11.3 Å². The lowest BCUT2D eigenvalue weighted by atomic mass is 10.1. The number of ether oxygens (including phenoxy) is 1. The van der Waals surface area contributed by atoms with Gasteiger partial charge in [-0.25, -0.2) is 9.97 Å². The Hall–Kier alpha value is -4.53. The van der Waals surface area contributed by atoms with Crippen LogP contribution >= 0.6 is 0 Å². The van der Waals surface area contributed by atoms with Crippen LogP contribution in [0.1, 0.15) is 0 Å². The summed E-state index contributed by atoms with van der Waals surface area (Å²) in [4.78, 5) is 17.4. The molecule has 5 aromatic heterocycles. The van der Waals surface area contributed by atoms with E-state index in [-0.39, 0.29) is 0 Å². The third-order valence-electron chi connectivity index (χ3n) is 5.41. The van der Waals surface area contributed by atoms with Crippen LogP contribution in [0.25, 0.3) is 56.0 Å². The second-order valence-corrected chi connectivity index (χ2v) is 7.47. The molecule has 5 heterocycles. The molecule has 156 valence electrons. The van der Waals surface area contributed by atoms with E-state index in [9.17, 15) is 0 Å². The summed E-state index contributed by atoms with van der Waals surface area (Å²) in [5, 5.41) is 11.8. The number of aromatic nitrogens is 8. The molecule has 0 bridgehead atoms. The summed E-state index contributed by atoms with van der Waals surface area (Å²) in [6.45, 7) is 0. The first kappa shape index (κ1) is 18.3. The van der Waals surface area contributed by atoms with Crippen LogP contribution in [0.5, 0.6) is 5.75 Å². The number of hydrogen-bond donors (Lipinski definition) is 2. The summed E-state index contributed by atoms with van der Waals surface area (Å²) in [6, 6.07) is 11.8. The molecule has 0 unspecified atom stereocenters. The predicted molar refractivity (Wildman–Crippen MR) is 121 cm³/mol. The molecule has 0 saturated heterocycles. The summed E-state index contributed by atoms with van der Waals surface area (Å²) in [6.07, 6.45) is 7.30. The maximum Gasteiger partial charge on any atom is 0.161 e. The zero-order valence-electron chi connectivity index (χ0n) is 17.4. The molecule has 0 saturated carbocycles. The lowest BCUT2D eigenvalue weighted by Crippen LogP contribution is -1.87. The molecule has 0 aliphatic carbocycles. The quantitative estimate of drug-likeness (QED) is 0.445. The standard InChI is InChI=1S/C23H18N8O/c1-31-12-14(9-25-31)17-6-7-18-21(26-17)22(30-29-18)23-27-19-11-24-10-16(20(19)28-23)13-4-3-5-15(8-13)32-2/h3-12H,1-2H3,(H,27,28)(H,29,30). The Bertz CT molecular complexity index is 1590. The lowest BCUT2D eigenvalue weighted by molar-refractivity contribution is 0.415. The smallest absolute Gasteiger partial charge is 0.161 e. The molecule has 0 fully saturated rings. The number of fused-ring (bicyclic) bond motifs is 2. The first-order valence-corrected chi connectivity index (χ1v) is 10.0. The number of nitrogens with zero attached hydrogens (tertiary/aromatic N) is 6. The van der Waals surface area contributed by atoms with Gasteiger partial charge in [0.15, 0.2) is 11.5 Å². The zero-order chi connectivity index (χ0) is 21.7. The van der Waals surface area contributed by atoms with E-state index in [0.717, 1.165) is 50.2 Å². The lowest BCUT2D eigenvalue weighted by Gasteiger charge is -2.04. The van der Waals surface area contributed by atoms with Gasteiger partial charge in [-0.3, -0.25) is 14.8 Å². The van der Waals surface area contributed by atoms with Crippen molar-refractivity contribution in [1.29, 1.82) is 0 Å². The first-order valence-electron chi connectivity index (χ1n) is 10.0. The Balaban J connectivity index is 1.50. The normalized spacial score (nSPS) is 11.4. The van der Waals surface area contributed by atoms with E-state index in [2.05, 4.69) is 25.3 Å². The van der Waals surface area contributed by atoms with E-state index >= 15 is 0 Å². The van der Waals surface area contributed by atoms with Crippen LogP contribution in [-0.2, 0) is 7.05 Å². The van der Waals surface area contributed by atoms with E-state index in [1.54, 1.807) is 24.2 Å². The summed E-state index contributed by atoms with van der Waals surface area (Å²) < 4.78 is 7.13. The van der Waals surface area contributed by atoms with Gasteiger partial charge in [0.2, 0.25) is 0 Å². The monoisotopic (exact) mass is 422 g/mol. The van der Waals surface area contributed by atoms with Gasteiger partial charge in [-0.05, 0) is 29.8 Å². The average Bonchev–Trinajstić information content (AvgIpc) is 3.55. The summed E-state index contributed by atoms with van der Waals surface area (Å²) >= 11 is 0. The zero-order valence-corrected chi connectivity index (χ0v) is 17.4. The van der Waals surface area contributed by atoms with Gasteiger partial charge in [-0.1, -0.05) is 12.1 Å². The Morgan fingerprint density at radius 2 is 1.88 bits per heavy atom. The topological polar surface area (TPSA) is 110 Å². The Kier molecular flexibility index (Phi) is 4.00. The van der Waals surface area contributed by atoms with Crippen LogP contribution in [0.4, 0.5) is 0 Å². The van der Waals surface area contributed by atoms with Crippen molar-refractivity contribution in [3.8, 4) is 39.7 Å². The molecular weight excluding hydrogens is 404 g/mol. The number of imidazole rings is 1. The number of methoxy groups -OCH3 is 1. The predicted octanol–water partition coefficient (Wildman–Crippen LogP) is 3.97. The molecule has 0 atom stereocenters.